The molecule has 1 fully saturated rings. The second kappa shape index (κ2) is 5.89. The Morgan fingerprint density at radius 2 is 2.22 bits per heavy atom. The molecule has 1 nitrogen and oxygen atoms in total. The van der Waals surface area contributed by atoms with E-state index >= 15 is 0 Å². The first-order chi connectivity index (χ1) is 8.56. The molecule has 3 atom stereocenters. The van der Waals surface area contributed by atoms with Gasteiger partial charge in [0.15, 0.2) is 0 Å². The molecular formula is C14H18BrClFN. The number of hydrogen-bond donors (Lipinski definition) is 1. The third-order valence-corrected chi connectivity index (χ3v) is 4.87. The molecule has 0 aliphatic heterocycles. The van der Waals surface area contributed by atoms with Gasteiger partial charge in [0.2, 0.25) is 0 Å². The van der Waals surface area contributed by atoms with E-state index in [1.165, 1.54) is 0 Å². The van der Waals surface area contributed by atoms with E-state index in [0.29, 0.717) is 21.9 Å². The Kier molecular flexibility index (Phi) is 4.68. The molecule has 4 heteroatoms. The minimum atomic E-state index is -0.293. The van der Waals surface area contributed by atoms with Crippen LogP contribution in [0.5, 0.6) is 0 Å². The molecule has 2 rings (SSSR count). The minimum absolute atomic E-state index is 0.0885. The van der Waals surface area contributed by atoms with E-state index < -0.39 is 0 Å². The van der Waals surface area contributed by atoms with Crippen molar-refractivity contribution in [2.45, 2.75) is 32.7 Å². The first-order valence-corrected chi connectivity index (χ1v) is 7.60. The zero-order valence-electron chi connectivity index (χ0n) is 10.6. The fourth-order valence-electron chi connectivity index (χ4n) is 2.39. The smallest absolute Gasteiger partial charge is 0.147 e. The van der Waals surface area contributed by atoms with E-state index in [2.05, 4.69) is 35.1 Å². The third kappa shape index (κ3) is 2.89. The van der Waals surface area contributed by atoms with Gasteiger partial charge in [-0.05, 0) is 53.2 Å². The van der Waals surface area contributed by atoms with Crippen molar-refractivity contribution in [1.29, 1.82) is 0 Å². The lowest BCUT2D eigenvalue weighted by atomic mass is 10.0. The lowest BCUT2D eigenvalue weighted by Gasteiger charge is -2.20. The van der Waals surface area contributed by atoms with E-state index in [4.69, 9.17) is 11.6 Å². The summed E-state index contributed by atoms with van der Waals surface area (Å²) in [5.41, 5.74) is 0.700. The normalized spacial score (nSPS) is 24.1. The number of hydrogen-bond acceptors (Lipinski definition) is 1. The van der Waals surface area contributed by atoms with Crippen molar-refractivity contribution in [3.8, 4) is 0 Å². The highest BCUT2D eigenvalue weighted by Gasteiger charge is 2.41. The summed E-state index contributed by atoms with van der Waals surface area (Å²) < 4.78 is 14.9. The van der Waals surface area contributed by atoms with Gasteiger partial charge >= 0.3 is 0 Å². The lowest BCUT2D eigenvalue weighted by Crippen LogP contribution is -2.25. The fourth-order valence-corrected chi connectivity index (χ4v) is 2.87. The predicted octanol–water partition coefficient (Wildman–Crippen LogP) is 4.94. The summed E-state index contributed by atoms with van der Waals surface area (Å²) in [4.78, 5) is 0. The molecule has 0 spiro atoms. The van der Waals surface area contributed by atoms with Gasteiger partial charge in [-0.1, -0.05) is 31.5 Å². The van der Waals surface area contributed by atoms with Crippen molar-refractivity contribution >= 4 is 27.5 Å². The topological polar surface area (TPSA) is 12.0 Å². The van der Waals surface area contributed by atoms with E-state index in [1.54, 1.807) is 0 Å². The molecule has 0 aromatic heterocycles. The second-order valence-electron chi connectivity index (χ2n) is 5.07. The summed E-state index contributed by atoms with van der Waals surface area (Å²) in [6.45, 7) is 5.23. The highest BCUT2D eigenvalue weighted by molar-refractivity contribution is 9.10. The van der Waals surface area contributed by atoms with Gasteiger partial charge in [-0.25, -0.2) is 4.39 Å². The first kappa shape index (κ1) is 14.3. The molecule has 1 aromatic rings. The van der Waals surface area contributed by atoms with Crippen LogP contribution in [0.1, 0.15) is 38.3 Å². The van der Waals surface area contributed by atoms with E-state index in [0.717, 1.165) is 19.4 Å². The van der Waals surface area contributed by atoms with Crippen molar-refractivity contribution in [3.05, 3.63) is 33.0 Å². The quantitative estimate of drug-likeness (QED) is 0.752. The van der Waals surface area contributed by atoms with Crippen LogP contribution in [0.25, 0.3) is 0 Å². The van der Waals surface area contributed by atoms with Gasteiger partial charge < -0.3 is 5.32 Å². The van der Waals surface area contributed by atoms with Crippen LogP contribution in [0.3, 0.4) is 0 Å². The highest BCUT2D eigenvalue weighted by atomic mass is 79.9. The Hall–Kier alpha value is -0.120. The molecule has 0 bridgehead atoms. The SMILES string of the molecule is CCCNC(c1ccc(Br)c(Cl)c1F)C1CC1C. The molecular weight excluding hydrogens is 317 g/mol. The summed E-state index contributed by atoms with van der Waals surface area (Å²) in [5.74, 6) is 0.906. The van der Waals surface area contributed by atoms with Gasteiger partial charge in [0.25, 0.3) is 0 Å². The largest absolute Gasteiger partial charge is 0.310 e. The fraction of sp³-hybridized carbons (Fsp3) is 0.571. The third-order valence-electron chi connectivity index (χ3n) is 3.61. The maximum absolute atomic E-state index is 14.3. The van der Waals surface area contributed by atoms with Crippen LogP contribution in [-0.2, 0) is 0 Å². The van der Waals surface area contributed by atoms with Crippen LogP contribution in [0.15, 0.2) is 16.6 Å². The first-order valence-electron chi connectivity index (χ1n) is 6.43. The van der Waals surface area contributed by atoms with Crippen molar-refractivity contribution in [1.82, 2.24) is 5.32 Å². The van der Waals surface area contributed by atoms with Crippen LogP contribution in [0.4, 0.5) is 4.39 Å². The molecule has 0 heterocycles. The summed E-state index contributed by atoms with van der Waals surface area (Å²) in [5, 5.41) is 3.64. The van der Waals surface area contributed by atoms with Crippen molar-refractivity contribution in [2.75, 3.05) is 6.54 Å². The molecule has 0 amide bonds. The second-order valence-corrected chi connectivity index (χ2v) is 6.31. The molecule has 1 N–H and O–H groups in total. The summed E-state index contributed by atoms with van der Waals surface area (Å²) in [7, 11) is 0. The summed E-state index contributed by atoms with van der Waals surface area (Å²) in [6, 6.07) is 3.75. The van der Waals surface area contributed by atoms with Crippen LogP contribution in [0.2, 0.25) is 5.02 Å². The van der Waals surface area contributed by atoms with Crippen molar-refractivity contribution in [2.24, 2.45) is 11.8 Å². The van der Waals surface area contributed by atoms with E-state index in [1.807, 2.05) is 12.1 Å². The highest BCUT2D eigenvalue weighted by Crippen LogP contribution is 2.48. The van der Waals surface area contributed by atoms with Gasteiger partial charge in [0.05, 0.1) is 5.02 Å². The van der Waals surface area contributed by atoms with E-state index in [-0.39, 0.29) is 16.9 Å². The van der Waals surface area contributed by atoms with Crippen LogP contribution < -0.4 is 5.32 Å². The number of benzene rings is 1. The Labute approximate surface area is 121 Å². The minimum Gasteiger partial charge on any atom is -0.310 e. The number of rotatable bonds is 5. The Bertz CT molecular complexity index is 438. The monoisotopic (exact) mass is 333 g/mol. The zero-order chi connectivity index (χ0) is 13.3. The van der Waals surface area contributed by atoms with Gasteiger partial charge in [-0.2, -0.15) is 0 Å². The average molecular weight is 335 g/mol. The van der Waals surface area contributed by atoms with Crippen molar-refractivity contribution in [3.63, 3.8) is 0 Å². The summed E-state index contributed by atoms with van der Waals surface area (Å²) >= 11 is 9.23. The molecule has 1 aromatic carbocycles. The van der Waals surface area contributed by atoms with Crippen LogP contribution in [-0.4, -0.2) is 6.54 Å². The predicted molar refractivity (Wildman–Crippen MR) is 77.4 cm³/mol. The number of halogens is 3. The Balaban J connectivity index is 2.27. The molecule has 3 unspecified atom stereocenters. The average Bonchev–Trinajstić information content (AvgIpc) is 3.06. The standard InChI is InChI=1S/C14H18BrClFN/c1-3-6-18-14(10-7-8(10)2)9-4-5-11(15)12(16)13(9)17/h4-5,8,10,14,18H,3,6-7H2,1-2H3. The maximum atomic E-state index is 14.3. The molecule has 1 saturated carbocycles. The molecule has 0 saturated heterocycles. The van der Waals surface area contributed by atoms with Crippen LogP contribution >= 0.6 is 27.5 Å². The van der Waals surface area contributed by atoms with Gasteiger partial charge in [-0.3, -0.25) is 0 Å². The lowest BCUT2D eigenvalue weighted by molar-refractivity contribution is 0.442. The molecule has 1 aliphatic rings. The van der Waals surface area contributed by atoms with Crippen molar-refractivity contribution < 1.29 is 4.39 Å². The molecule has 18 heavy (non-hydrogen) atoms. The molecule has 0 radical (unpaired) electrons. The maximum Gasteiger partial charge on any atom is 0.147 e. The van der Waals surface area contributed by atoms with E-state index in [9.17, 15) is 4.39 Å². The zero-order valence-corrected chi connectivity index (χ0v) is 13.0. The van der Waals surface area contributed by atoms with Gasteiger partial charge in [-0.15, -0.1) is 0 Å². The van der Waals surface area contributed by atoms with Gasteiger partial charge in [0, 0.05) is 16.1 Å². The van der Waals surface area contributed by atoms with Crippen LogP contribution in [0, 0.1) is 17.7 Å². The molecule has 100 valence electrons. The van der Waals surface area contributed by atoms with Gasteiger partial charge in [0.1, 0.15) is 5.82 Å². The molecule has 1 aliphatic carbocycles. The number of nitrogens with one attached hydrogen (secondary N) is 1. The Morgan fingerprint density at radius 3 is 2.78 bits per heavy atom. The Morgan fingerprint density at radius 1 is 1.56 bits per heavy atom. The summed E-state index contributed by atoms with van der Waals surface area (Å²) in [6.07, 6.45) is 2.21.